The maximum absolute atomic E-state index is 4.08. The summed E-state index contributed by atoms with van der Waals surface area (Å²) in [6, 6.07) is 8.69. The summed E-state index contributed by atoms with van der Waals surface area (Å²) in [6.45, 7) is 2.20. The summed E-state index contributed by atoms with van der Waals surface area (Å²) in [4.78, 5) is 4.08. The summed E-state index contributed by atoms with van der Waals surface area (Å²) >= 11 is 1.59. The lowest BCUT2D eigenvalue weighted by Gasteiger charge is -2.18. The molecular formula is C13H17N3S. The van der Waals surface area contributed by atoms with Gasteiger partial charge in [-0.15, -0.1) is 0 Å². The summed E-state index contributed by atoms with van der Waals surface area (Å²) in [5.74, 6) is 0. The van der Waals surface area contributed by atoms with Crippen molar-refractivity contribution in [3.8, 4) is 0 Å². The number of hydrogen-bond acceptors (Lipinski definition) is 3. The molecule has 0 fully saturated rings. The lowest BCUT2D eigenvalue weighted by Crippen LogP contribution is -2.36. The van der Waals surface area contributed by atoms with Crippen LogP contribution < -0.4 is 10.9 Å². The van der Waals surface area contributed by atoms with Gasteiger partial charge < -0.3 is 0 Å². The van der Waals surface area contributed by atoms with Gasteiger partial charge in [0.15, 0.2) is 5.17 Å². The monoisotopic (exact) mass is 247 g/mol. The first-order chi connectivity index (χ1) is 8.33. The Morgan fingerprint density at radius 1 is 1.18 bits per heavy atom. The Balaban J connectivity index is 2.10. The van der Waals surface area contributed by atoms with Crippen LogP contribution in [0.5, 0.6) is 0 Å². The van der Waals surface area contributed by atoms with E-state index in [1.165, 1.54) is 17.5 Å². The second kappa shape index (κ2) is 5.77. The van der Waals surface area contributed by atoms with Crippen LogP contribution in [-0.4, -0.2) is 12.2 Å². The van der Waals surface area contributed by atoms with Gasteiger partial charge in [0.2, 0.25) is 0 Å². The molecule has 2 rings (SSSR count). The van der Waals surface area contributed by atoms with Crippen LogP contribution in [0.25, 0.3) is 5.70 Å². The van der Waals surface area contributed by atoms with Crippen LogP contribution in [0.4, 0.5) is 0 Å². The highest BCUT2D eigenvalue weighted by atomic mass is 32.2. The molecule has 4 heteroatoms. The van der Waals surface area contributed by atoms with Crippen molar-refractivity contribution in [2.24, 2.45) is 4.99 Å². The second-order valence-electron chi connectivity index (χ2n) is 3.88. The van der Waals surface area contributed by atoms with Crippen LogP contribution >= 0.6 is 11.8 Å². The molecule has 0 unspecified atom stereocenters. The number of thioether (sulfide) groups is 1. The Morgan fingerprint density at radius 3 is 2.47 bits per heavy atom. The van der Waals surface area contributed by atoms with Crippen molar-refractivity contribution < 1.29 is 0 Å². The fraction of sp³-hybridized carbons (Fsp3) is 0.308. The van der Waals surface area contributed by atoms with E-state index in [0.29, 0.717) is 0 Å². The highest BCUT2D eigenvalue weighted by molar-refractivity contribution is 8.16. The predicted octanol–water partition coefficient (Wildman–Crippen LogP) is 2.76. The molecule has 1 aliphatic heterocycles. The van der Waals surface area contributed by atoms with Crippen LogP contribution in [0.2, 0.25) is 0 Å². The lowest BCUT2D eigenvalue weighted by molar-refractivity contribution is 0.846. The van der Waals surface area contributed by atoms with Gasteiger partial charge >= 0.3 is 0 Å². The van der Waals surface area contributed by atoms with E-state index in [1.807, 2.05) is 0 Å². The zero-order valence-corrected chi connectivity index (χ0v) is 11.0. The Kier molecular flexibility index (Phi) is 4.09. The fourth-order valence-corrected chi connectivity index (χ4v) is 2.32. The van der Waals surface area contributed by atoms with Crippen molar-refractivity contribution in [1.29, 1.82) is 0 Å². The molecule has 1 heterocycles. The van der Waals surface area contributed by atoms with Gasteiger partial charge in [0.25, 0.3) is 0 Å². The van der Waals surface area contributed by atoms with Gasteiger partial charge in [-0.3, -0.25) is 15.8 Å². The number of amidine groups is 1. The molecule has 0 radical (unpaired) electrons. The Bertz CT molecular complexity index is 434. The Hall–Kier alpha value is -1.42. The van der Waals surface area contributed by atoms with E-state index in [-0.39, 0.29) is 0 Å². The zero-order chi connectivity index (χ0) is 12.1. The predicted molar refractivity (Wildman–Crippen MR) is 75.6 cm³/mol. The quantitative estimate of drug-likeness (QED) is 0.862. The fourth-order valence-electron chi connectivity index (χ4n) is 1.68. The van der Waals surface area contributed by atoms with E-state index < -0.39 is 0 Å². The van der Waals surface area contributed by atoms with Crippen molar-refractivity contribution in [1.82, 2.24) is 10.9 Å². The van der Waals surface area contributed by atoms with Crippen molar-refractivity contribution in [3.63, 3.8) is 0 Å². The summed E-state index contributed by atoms with van der Waals surface area (Å²) in [5, 5.41) is 2.96. The highest BCUT2D eigenvalue weighted by Gasteiger charge is 2.08. The molecule has 1 aromatic rings. The van der Waals surface area contributed by atoms with Crippen molar-refractivity contribution >= 4 is 22.6 Å². The number of aliphatic imine (C=N–C) groups is 1. The van der Waals surface area contributed by atoms with E-state index in [0.717, 1.165) is 17.3 Å². The molecule has 2 N–H and O–H groups in total. The van der Waals surface area contributed by atoms with E-state index in [4.69, 9.17) is 0 Å². The first-order valence-electron chi connectivity index (χ1n) is 5.78. The average Bonchev–Trinajstić information content (AvgIpc) is 2.40. The largest absolute Gasteiger partial charge is 0.298 e. The zero-order valence-electron chi connectivity index (χ0n) is 10.2. The summed E-state index contributed by atoms with van der Waals surface area (Å²) in [5.41, 5.74) is 9.87. The van der Waals surface area contributed by atoms with Crippen LogP contribution in [0, 0.1) is 0 Å². The number of nitrogens with zero attached hydrogens (tertiary/aromatic N) is 1. The second-order valence-corrected chi connectivity index (χ2v) is 4.73. The topological polar surface area (TPSA) is 36.4 Å². The van der Waals surface area contributed by atoms with Crippen LogP contribution in [0.3, 0.4) is 0 Å². The van der Waals surface area contributed by atoms with Crippen LogP contribution in [-0.2, 0) is 6.42 Å². The summed E-state index contributed by atoms with van der Waals surface area (Å²) < 4.78 is 0. The number of nitrogens with one attached hydrogen (secondary N) is 2. The molecule has 1 aliphatic rings. The van der Waals surface area contributed by atoms with Gasteiger partial charge in [0.05, 0.1) is 5.70 Å². The molecule has 0 saturated heterocycles. The first-order valence-corrected chi connectivity index (χ1v) is 6.66. The molecule has 0 saturated carbocycles. The molecule has 0 amide bonds. The SMILES string of the molecule is CCCc1ccc(C2=CSC(=NC)NN2)cc1. The first kappa shape index (κ1) is 12.0. The molecular weight excluding hydrogens is 230 g/mol. The molecule has 0 bridgehead atoms. The van der Waals surface area contributed by atoms with Gasteiger partial charge in [-0.25, -0.2) is 0 Å². The molecule has 3 nitrogen and oxygen atoms in total. The van der Waals surface area contributed by atoms with Crippen molar-refractivity contribution in [2.45, 2.75) is 19.8 Å². The average molecular weight is 247 g/mol. The van der Waals surface area contributed by atoms with Gasteiger partial charge in [-0.1, -0.05) is 49.4 Å². The van der Waals surface area contributed by atoms with Crippen molar-refractivity contribution in [2.75, 3.05) is 7.05 Å². The molecule has 0 aliphatic carbocycles. The van der Waals surface area contributed by atoms with E-state index in [9.17, 15) is 0 Å². The summed E-state index contributed by atoms with van der Waals surface area (Å²) in [6.07, 6.45) is 2.33. The van der Waals surface area contributed by atoms with Gasteiger partial charge in [-0.2, -0.15) is 0 Å². The molecule has 90 valence electrons. The maximum Gasteiger partial charge on any atom is 0.179 e. The molecule has 0 aromatic heterocycles. The highest BCUT2D eigenvalue weighted by Crippen LogP contribution is 2.20. The van der Waals surface area contributed by atoms with Crippen LogP contribution in [0.1, 0.15) is 24.5 Å². The molecule has 0 spiro atoms. The van der Waals surface area contributed by atoms with E-state index in [1.54, 1.807) is 18.8 Å². The molecule has 0 atom stereocenters. The van der Waals surface area contributed by atoms with Gasteiger partial charge in [0.1, 0.15) is 0 Å². The number of aryl methyl sites for hydroxylation is 1. The number of hydrazine groups is 1. The normalized spacial score (nSPS) is 17.3. The van der Waals surface area contributed by atoms with Gasteiger partial charge in [-0.05, 0) is 17.5 Å². The maximum atomic E-state index is 4.08. The van der Waals surface area contributed by atoms with E-state index in [2.05, 4.69) is 52.4 Å². The lowest BCUT2D eigenvalue weighted by atomic mass is 10.1. The third-order valence-electron chi connectivity index (χ3n) is 2.60. The summed E-state index contributed by atoms with van der Waals surface area (Å²) in [7, 11) is 1.77. The number of hydrogen-bond donors (Lipinski definition) is 2. The standard InChI is InChI=1S/C13H17N3S/c1-3-4-10-5-7-11(8-6-10)12-9-17-13(14-2)16-15-12/h5-9,15H,3-4H2,1-2H3,(H,14,16). The minimum absolute atomic E-state index is 0.886. The number of rotatable bonds is 3. The smallest absolute Gasteiger partial charge is 0.179 e. The minimum Gasteiger partial charge on any atom is -0.298 e. The molecule has 17 heavy (non-hydrogen) atoms. The Labute approximate surface area is 106 Å². The van der Waals surface area contributed by atoms with Gasteiger partial charge in [0, 0.05) is 12.5 Å². The third kappa shape index (κ3) is 3.03. The van der Waals surface area contributed by atoms with Crippen molar-refractivity contribution in [3.05, 3.63) is 40.8 Å². The minimum atomic E-state index is 0.886. The molecule has 1 aromatic carbocycles. The third-order valence-corrected chi connectivity index (χ3v) is 3.46. The van der Waals surface area contributed by atoms with Crippen LogP contribution in [0.15, 0.2) is 34.7 Å². The Morgan fingerprint density at radius 2 is 1.94 bits per heavy atom. The van der Waals surface area contributed by atoms with E-state index >= 15 is 0 Å². The number of benzene rings is 1.